The van der Waals surface area contributed by atoms with E-state index < -0.39 is 5.97 Å². The minimum Gasteiger partial charge on any atom is -0.493 e. The molecular weight excluding hydrogens is 296 g/mol. The molecule has 2 aromatic carbocycles. The number of rotatable bonds is 5. The van der Waals surface area contributed by atoms with E-state index in [4.69, 9.17) is 18.9 Å². The van der Waals surface area contributed by atoms with Crippen molar-refractivity contribution in [2.45, 2.75) is 13.8 Å². The summed E-state index contributed by atoms with van der Waals surface area (Å²) in [5.74, 6) is 1.27. The number of carbonyl (C=O) groups is 1. The van der Waals surface area contributed by atoms with Crippen molar-refractivity contribution in [1.29, 1.82) is 0 Å². The molecule has 0 saturated carbocycles. The molecule has 0 saturated heterocycles. The summed E-state index contributed by atoms with van der Waals surface area (Å²) in [6, 6.07) is 8.75. The van der Waals surface area contributed by atoms with E-state index >= 15 is 0 Å². The second kappa shape index (κ2) is 7.05. The Morgan fingerprint density at radius 1 is 0.826 bits per heavy atom. The number of hydrogen-bond acceptors (Lipinski definition) is 5. The van der Waals surface area contributed by atoms with Crippen molar-refractivity contribution < 1.29 is 23.7 Å². The lowest BCUT2D eigenvalue weighted by Gasteiger charge is -2.14. The fraction of sp³-hybridized carbons (Fsp3) is 0.278. The Balaban J connectivity index is 2.35. The van der Waals surface area contributed by atoms with Crippen molar-refractivity contribution in [3.05, 3.63) is 47.0 Å². The van der Waals surface area contributed by atoms with Crippen molar-refractivity contribution in [3.63, 3.8) is 0 Å². The van der Waals surface area contributed by atoms with Gasteiger partial charge in [0.2, 0.25) is 5.75 Å². The third-order valence-corrected chi connectivity index (χ3v) is 3.43. The molecule has 122 valence electrons. The van der Waals surface area contributed by atoms with E-state index in [0.29, 0.717) is 28.6 Å². The molecule has 0 fully saturated rings. The highest BCUT2D eigenvalue weighted by Crippen LogP contribution is 2.38. The molecular formula is C18H20O5. The maximum Gasteiger partial charge on any atom is 0.343 e. The predicted octanol–water partition coefficient (Wildman–Crippen LogP) is 3.55. The zero-order valence-electron chi connectivity index (χ0n) is 13.9. The number of carbonyl (C=O) groups excluding carboxylic acids is 1. The highest BCUT2D eigenvalue weighted by atomic mass is 16.5. The molecule has 0 radical (unpaired) electrons. The minimum atomic E-state index is -0.490. The third kappa shape index (κ3) is 3.56. The Labute approximate surface area is 135 Å². The van der Waals surface area contributed by atoms with Crippen LogP contribution in [0.2, 0.25) is 0 Å². The Morgan fingerprint density at radius 2 is 1.43 bits per heavy atom. The molecule has 2 aromatic rings. The van der Waals surface area contributed by atoms with E-state index in [1.54, 1.807) is 18.2 Å². The first kappa shape index (κ1) is 16.7. The smallest absolute Gasteiger partial charge is 0.343 e. The van der Waals surface area contributed by atoms with E-state index in [0.717, 1.165) is 11.1 Å². The van der Waals surface area contributed by atoms with Gasteiger partial charge in [-0.1, -0.05) is 17.7 Å². The number of ether oxygens (including phenoxy) is 4. The molecule has 0 bridgehead atoms. The number of methoxy groups -OCH3 is 3. The van der Waals surface area contributed by atoms with Crippen LogP contribution in [0.25, 0.3) is 0 Å². The summed E-state index contributed by atoms with van der Waals surface area (Å²) in [6.45, 7) is 3.88. The van der Waals surface area contributed by atoms with Crippen LogP contribution in [0.1, 0.15) is 21.5 Å². The Hall–Kier alpha value is -2.69. The number of benzene rings is 2. The molecule has 0 aliphatic rings. The molecule has 0 aliphatic carbocycles. The second-order valence-electron chi connectivity index (χ2n) is 5.07. The molecule has 23 heavy (non-hydrogen) atoms. The molecule has 0 spiro atoms. The third-order valence-electron chi connectivity index (χ3n) is 3.43. The zero-order valence-corrected chi connectivity index (χ0v) is 13.9. The summed E-state index contributed by atoms with van der Waals surface area (Å²) in [7, 11) is 4.50. The normalized spacial score (nSPS) is 10.1. The van der Waals surface area contributed by atoms with Gasteiger partial charge in [0.15, 0.2) is 11.5 Å². The summed E-state index contributed by atoms with van der Waals surface area (Å²) in [5, 5.41) is 0. The number of aryl methyl sites for hydroxylation is 2. The molecule has 0 unspecified atom stereocenters. The second-order valence-corrected chi connectivity index (χ2v) is 5.07. The van der Waals surface area contributed by atoms with Gasteiger partial charge in [-0.05, 0) is 37.6 Å². The number of esters is 1. The van der Waals surface area contributed by atoms with E-state index in [2.05, 4.69) is 0 Å². The van der Waals surface area contributed by atoms with Gasteiger partial charge in [-0.3, -0.25) is 0 Å². The van der Waals surface area contributed by atoms with Crippen molar-refractivity contribution in [2.24, 2.45) is 0 Å². The van der Waals surface area contributed by atoms with Gasteiger partial charge < -0.3 is 18.9 Å². The SMILES string of the molecule is COc1cc(C(=O)Oc2ccc(C)cc2C)cc(OC)c1OC. The fourth-order valence-electron chi connectivity index (χ4n) is 2.27. The van der Waals surface area contributed by atoms with Crippen LogP contribution in [-0.2, 0) is 0 Å². The predicted molar refractivity (Wildman–Crippen MR) is 87.0 cm³/mol. The van der Waals surface area contributed by atoms with Gasteiger partial charge in [-0.2, -0.15) is 0 Å². The Kier molecular flexibility index (Phi) is 5.11. The van der Waals surface area contributed by atoms with Crippen LogP contribution < -0.4 is 18.9 Å². The average molecular weight is 316 g/mol. The maximum absolute atomic E-state index is 12.4. The summed E-state index contributed by atoms with van der Waals surface area (Å²) in [6.07, 6.45) is 0. The monoisotopic (exact) mass is 316 g/mol. The quantitative estimate of drug-likeness (QED) is 0.624. The van der Waals surface area contributed by atoms with Crippen molar-refractivity contribution in [3.8, 4) is 23.0 Å². The van der Waals surface area contributed by atoms with Crippen LogP contribution in [0, 0.1) is 13.8 Å². The van der Waals surface area contributed by atoms with Gasteiger partial charge in [0.05, 0.1) is 26.9 Å². The van der Waals surface area contributed by atoms with Gasteiger partial charge in [-0.25, -0.2) is 4.79 Å². The van der Waals surface area contributed by atoms with E-state index in [-0.39, 0.29) is 0 Å². The highest BCUT2D eigenvalue weighted by Gasteiger charge is 2.18. The molecule has 0 aromatic heterocycles. The van der Waals surface area contributed by atoms with E-state index in [1.807, 2.05) is 26.0 Å². The van der Waals surface area contributed by atoms with Crippen LogP contribution in [0.5, 0.6) is 23.0 Å². The Bertz CT molecular complexity index is 696. The number of hydrogen-bond donors (Lipinski definition) is 0. The molecule has 0 aliphatic heterocycles. The molecule has 5 heteroatoms. The summed E-state index contributed by atoms with van der Waals surface area (Å²) in [4.78, 5) is 12.4. The molecule has 5 nitrogen and oxygen atoms in total. The van der Waals surface area contributed by atoms with Crippen molar-refractivity contribution in [1.82, 2.24) is 0 Å². The fourth-order valence-corrected chi connectivity index (χ4v) is 2.27. The molecule has 0 N–H and O–H groups in total. The van der Waals surface area contributed by atoms with Gasteiger partial charge >= 0.3 is 5.97 Å². The average Bonchev–Trinajstić information content (AvgIpc) is 2.55. The van der Waals surface area contributed by atoms with Crippen LogP contribution in [0.15, 0.2) is 30.3 Å². The van der Waals surface area contributed by atoms with Gasteiger partial charge in [0.25, 0.3) is 0 Å². The zero-order chi connectivity index (χ0) is 17.0. The topological polar surface area (TPSA) is 54.0 Å². The molecule has 0 amide bonds. The van der Waals surface area contributed by atoms with Gasteiger partial charge in [0, 0.05) is 0 Å². The highest BCUT2D eigenvalue weighted by molar-refractivity contribution is 5.92. The maximum atomic E-state index is 12.4. The largest absolute Gasteiger partial charge is 0.493 e. The lowest BCUT2D eigenvalue weighted by Crippen LogP contribution is -2.10. The first-order valence-corrected chi connectivity index (χ1v) is 7.09. The summed E-state index contributed by atoms with van der Waals surface area (Å²) >= 11 is 0. The van der Waals surface area contributed by atoms with Crippen LogP contribution in [0.3, 0.4) is 0 Å². The summed E-state index contributed by atoms with van der Waals surface area (Å²) in [5.41, 5.74) is 2.32. The van der Waals surface area contributed by atoms with Crippen molar-refractivity contribution >= 4 is 5.97 Å². The Morgan fingerprint density at radius 3 is 1.91 bits per heavy atom. The standard InChI is InChI=1S/C18H20O5/c1-11-6-7-14(12(2)8-11)23-18(19)13-9-15(20-3)17(22-5)16(10-13)21-4/h6-10H,1-5H3. The lowest BCUT2D eigenvalue weighted by atomic mass is 10.1. The van der Waals surface area contributed by atoms with E-state index in [9.17, 15) is 4.79 Å². The lowest BCUT2D eigenvalue weighted by molar-refractivity contribution is 0.0732. The van der Waals surface area contributed by atoms with E-state index in [1.165, 1.54) is 21.3 Å². The minimum absolute atomic E-state index is 0.319. The van der Waals surface area contributed by atoms with Crippen LogP contribution in [-0.4, -0.2) is 27.3 Å². The molecule has 0 atom stereocenters. The summed E-state index contributed by atoms with van der Waals surface area (Å²) < 4.78 is 21.2. The van der Waals surface area contributed by atoms with Crippen molar-refractivity contribution in [2.75, 3.05) is 21.3 Å². The first-order valence-electron chi connectivity index (χ1n) is 7.09. The van der Waals surface area contributed by atoms with Gasteiger partial charge in [0.1, 0.15) is 5.75 Å². The van der Waals surface area contributed by atoms with Gasteiger partial charge in [-0.15, -0.1) is 0 Å². The molecule has 2 rings (SSSR count). The van der Waals surface area contributed by atoms with Crippen LogP contribution in [0.4, 0.5) is 0 Å². The van der Waals surface area contributed by atoms with Crippen LogP contribution >= 0.6 is 0 Å². The first-order chi connectivity index (χ1) is 11.0. The molecule has 0 heterocycles.